The van der Waals surface area contributed by atoms with E-state index in [1.807, 2.05) is 0 Å². The van der Waals surface area contributed by atoms with Crippen molar-refractivity contribution in [3.63, 3.8) is 0 Å². The lowest BCUT2D eigenvalue weighted by Crippen LogP contribution is -2.30. The van der Waals surface area contributed by atoms with E-state index in [1.54, 1.807) is 24.3 Å². The van der Waals surface area contributed by atoms with Gasteiger partial charge >= 0.3 is 0 Å². The van der Waals surface area contributed by atoms with Gasteiger partial charge in [-0.2, -0.15) is 0 Å². The maximum atomic E-state index is 12.2. The van der Waals surface area contributed by atoms with Gasteiger partial charge in [0, 0.05) is 19.8 Å². The van der Waals surface area contributed by atoms with Crippen molar-refractivity contribution in [2.24, 2.45) is 5.92 Å². The average molecular weight is 303 g/mol. The molecule has 4 heteroatoms. The highest BCUT2D eigenvalue weighted by molar-refractivity contribution is 6.21. The minimum absolute atomic E-state index is 0.152. The molecule has 22 heavy (non-hydrogen) atoms. The first-order valence-corrected chi connectivity index (χ1v) is 8.14. The Hall–Kier alpha value is -1.68. The quantitative estimate of drug-likeness (QED) is 0.518. The first-order chi connectivity index (χ1) is 10.6. The smallest absolute Gasteiger partial charge is 0.261 e. The molecular weight excluding hydrogens is 278 g/mol. The largest absolute Gasteiger partial charge is 0.381 e. The lowest BCUT2D eigenvalue weighted by molar-refractivity contribution is 0.0650. The maximum absolute atomic E-state index is 12.2. The zero-order chi connectivity index (χ0) is 15.9. The van der Waals surface area contributed by atoms with E-state index in [2.05, 4.69) is 13.8 Å². The van der Waals surface area contributed by atoms with Crippen LogP contribution in [-0.2, 0) is 4.74 Å². The van der Waals surface area contributed by atoms with E-state index in [1.165, 1.54) is 4.90 Å². The molecule has 0 aliphatic carbocycles. The molecule has 0 spiro atoms. The molecule has 0 bridgehead atoms. The standard InChI is InChI=1S/C18H25NO3/c1-14(2)13-22-12-8-4-3-7-11-19-17(20)15-9-5-6-10-16(15)18(19)21/h5-6,9-10,14H,3-4,7-8,11-13H2,1-2H3. The van der Waals surface area contributed by atoms with E-state index >= 15 is 0 Å². The second-order valence-corrected chi connectivity index (χ2v) is 6.19. The van der Waals surface area contributed by atoms with Crippen molar-refractivity contribution in [3.05, 3.63) is 35.4 Å². The predicted molar refractivity (Wildman–Crippen MR) is 85.9 cm³/mol. The summed E-state index contributed by atoms with van der Waals surface area (Å²) in [4.78, 5) is 25.7. The molecule has 1 aromatic carbocycles. The van der Waals surface area contributed by atoms with Crippen LogP contribution in [0.1, 0.15) is 60.2 Å². The minimum atomic E-state index is -0.152. The van der Waals surface area contributed by atoms with Crippen LogP contribution in [0.25, 0.3) is 0 Å². The fourth-order valence-corrected chi connectivity index (χ4v) is 2.59. The molecule has 0 saturated heterocycles. The number of ether oxygens (including phenoxy) is 1. The van der Waals surface area contributed by atoms with E-state index in [4.69, 9.17) is 4.74 Å². The number of imide groups is 1. The van der Waals surface area contributed by atoms with Crippen LogP contribution in [0.2, 0.25) is 0 Å². The fourth-order valence-electron chi connectivity index (χ4n) is 2.59. The van der Waals surface area contributed by atoms with Gasteiger partial charge in [0.25, 0.3) is 11.8 Å². The fraction of sp³-hybridized carbons (Fsp3) is 0.556. The van der Waals surface area contributed by atoms with E-state index in [0.29, 0.717) is 23.6 Å². The Bertz CT molecular complexity index is 490. The summed E-state index contributed by atoms with van der Waals surface area (Å²) in [6.07, 6.45) is 3.98. The second kappa shape index (κ2) is 8.08. The third kappa shape index (κ3) is 4.17. The SMILES string of the molecule is CC(C)COCCCCCCN1C(=O)c2ccccc2C1=O. The summed E-state index contributed by atoms with van der Waals surface area (Å²) in [5, 5.41) is 0. The number of unbranched alkanes of at least 4 members (excludes halogenated alkanes) is 3. The Balaban J connectivity index is 1.65. The number of carbonyl (C=O) groups is 2. The lowest BCUT2D eigenvalue weighted by atomic mass is 10.1. The lowest BCUT2D eigenvalue weighted by Gasteiger charge is -2.13. The second-order valence-electron chi connectivity index (χ2n) is 6.19. The van der Waals surface area contributed by atoms with Crippen LogP contribution in [0, 0.1) is 5.92 Å². The highest BCUT2D eigenvalue weighted by Gasteiger charge is 2.34. The molecule has 1 heterocycles. The molecule has 0 saturated carbocycles. The van der Waals surface area contributed by atoms with E-state index in [-0.39, 0.29) is 11.8 Å². The van der Waals surface area contributed by atoms with Crippen LogP contribution in [0.5, 0.6) is 0 Å². The van der Waals surface area contributed by atoms with Gasteiger partial charge in [-0.05, 0) is 30.9 Å². The Morgan fingerprint density at radius 2 is 1.55 bits per heavy atom. The van der Waals surface area contributed by atoms with Gasteiger partial charge in [-0.15, -0.1) is 0 Å². The summed E-state index contributed by atoms with van der Waals surface area (Å²) in [6, 6.07) is 7.04. The molecule has 0 unspecified atom stereocenters. The van der Waals surface area contributed by atoms with Crippen molar-refractivity contribution in [2.75, 3.05) is 19.8 Å². The van der Waals surface area contributed by atoms with Crippen LogP contribution in [0.4, 0.5) is 0 Å². The molecule has 0 N–H and O–H groups in total. The van der Waals surface area contributed by atoms with Crippen molar-refractivity contribution in [1.29, 1.82) is 0 Å². The highest BCUT2D eigenvalue weighted by Crippen LogP contribution is 2.22. The van der Waals surface area contributed by atoms with Crippen LogP contribution in [-0.4, -0.2) is 36.5 Å². The predicted octanol–water partition coefficient (Wildman–Crippen LogP) is 3.52. The number of rotatable bonds is 9. The molecule has 0 atom stereocenters. The highest BCUT2D eigenvalue weighted by atomic mass is 16.5. The number of hydrogen-bond acceptors (Lipinski definition) is 3. The molecule has 0 aromatic heterocycles. The Kier molecular flexibility index (Phi) is 6.13. The average Bonchev–Trinajstić information content (AvgIpc) is 2.74. The first-order valence-electron chi connectivity index (χ1n) is 8.14. The van der Waals surface area contributed by atoms with Gasteiger partial charge in [-0.3, -0.25) is 14.5 Å². The molecule has 120 valence electrons. The topological polar surface area (TPSA) is 46.6 Å². The van der Waals surface area contributed by atoms with Crippen LogP contribution in [0.3, 0.4) is 0 Å². The van der Waals surface area contributed by atoms with Crippen molar-refractivity contribution in [2.45, 2.75) is 39.5 Å². The summed E-state index contributed by atoms with van der Waals surface area (Å²) in [5.41, 5.74) is 1.07. The zero-order valence-electron chi connectivity index (χ0n) is 13.5. The molecule has 0 fully saturated rings. The number of nitrogens with zero attached hydrogens (tertiary/aromatic N) is 1. The Morgan fingerprint density at radius 3 is 2.14 bits per heavy atom. The molecule has 4 nitrogen and oxygen atoms in total. The zero-order valence-corrected chi connectivity index (χ0v) is 13.5. The van der Waals surface area contributed by atoms with Gasteiger partial charge in [0.05, 0.1) is 11.1 Å². The van der Waals surface area contributed by atoms with Gasteiger partial charge < -0.3 is 4.74 Å². The molecular formula is C18H25NO3. The summed E-state index contributed by atoms with van der Waals surface area (Å²) in [6.45, 7) is 6.41. The molecule has 0 radical (unpaired) electrons. The number of hydrogen-bond donors (Lipinski definition) is 0. The summed E-state index contributed by atoms with van der Waals surface area (Å²) < 4.78 is 5.53. The van der Waals surface area contributed by atoms with Crippen LogP contribution < -0.4 is 0 Å². The van der Waals surface area contributed by atoms with Gasteiger partial charge in [-0.25, -0.2) is 0 Å². The Morgan fingerprint density at radius 1 is 0.955 bits per heavy atom. The summed E-state index contributed by atoms with van der Waals surface area (Å²) in [7, 11) is 0. The van der Waals surface area contributed by atoms with Gasteiger partial charge in [0.1, 0.15) is 0 Å². The number of benzene rings is 1. The van der Waals surface area contributed by atoms with E-state index in [0.717, 1.165) is 38.9 Å². The molecule has 2 amide bonds. The molecule has 1 aromatic rings. The summed E-state index contributed by atoms with van der Waals surface area (Å²) in [5.74, 6) is 0.274. The summed E-state index contributed by atoms with van der Waals surface area (Å²) >= 11 is 0. The normalized spacial score (nSPS) is 14.0. The van der Waals surface area contributed by atoms with Gasteiger partial charge in [0.2, 0.25) is 0 Å². The van der Waals surface area contributed by atoms with Crippen molar-refractivity contribution in [1.82, 2.24) is 4.90 Å². The van der Waals surface area contributed by atoms with Crippen molar-refractivity contribution in [3.8, 4) is 0 Å². The monoisotopic (exact) mass is 303 g/mol. The van der Waals surface area contributed by atoms with Crippen LogP contribution in [0.15, 0.2) is 24.3 Å². The molecule has 2 rings (SSSR count). The minimum Gasteiger partial charge on any atom is -0.381 e. The third-order valence-corrected chi connectivity index (χ3v) is 3.75. The molecule has 1 aliphatic rings. The van der Waals surface area contributed by atoms with Crippen molar-refractivity contribution >= 4 is 11.8 Å². The van der Waals surface area contributed by atoms with Gasteiger partial charge in [-0.1, -0.05) is 38.8 Å². The number of carbonyl (C=O) groups excluding carboxylic acids is 2. The van der Waals surface area contributed by atoms with Crippen LogP contribution >= 0.6 is 0 Å². The number of fused-ring (bicyclic) bond motifs is 1. The van der Waals surface area contributed by atoms with E-state index in [9.17, 15) is 9.59 Å². The van der Waals surface area contributed by atoms with Crippen molar-refractivity contribution < 1.29 is 14.3 Å². The number of amides is 2. The third-order valence-electron chi connectivity index (χ3n) is 3.75. The molecule has 1 aliphatic heterocycles. The Labute approximate surface area is 132 Å². The van der Waals surface area contributed by atoms with E-state index < -0.39 is 0 Å². The first kappa shape index (κ1) is 16.7. The van der Waals surface area contributed by atoms with Gasteiger partial charge in [0.15, 0.2) is 0 Å². The maximum Gasteiger partial charge on any atom is 0.261 e.